The van der Waals surface area contributed by atoms with Crippen molar-refractivity contribution in [2.45, 2.75) is 25.7 Å². The number of piperidine rings is 1. The number of carbonyl (C=O) groups is 2. The van der Waals surface area contributed by atoms with E-state index in [9.17, 15) is 9.59 Å². The van der Waals surface area contributed by atoms with E-state index in [1.807, 2.05) is 15.9 Å². The molecule has 0 saturated carbocycles. The lowest BCUT2D eigenvalue weighted by molar-refractivity contribution is -0.137. The number of piperazine rings is 1. The van der Waals surface area contributed by atoms with Crippen molar-refractivity contribution in [3.05, 3.63) is 30.3 Å². The maximum Gasteiger partial charge on any atom is 0.236 e. The second-order valence-electron chi connectivity index (χ2n) is 8.36. The number of hydrogen-bond acceptors (Lipinski definition) is 4. The SMILES string of the molecule is O=C(CC1CCN(CC(=O)N2CCC2)CC1)N1CCN(c2ccccc2)CC1. The minimum Gasteiger partial charge on any atom is -0.368 e. The first-order chi connectivity index (χ1) is 13.7. The van der Waals surface area contributed by atoms with Crippen LogP contribution in [-0.4, -0.2) is 85.4 Å². The zero-order valence-electron chi connectivity index (χ0n) is 16.8. The van der Waals surface area contributed by atoms with Crippen LogP contribution in [0.4, 0.5) is 5.69 Å². The fourth-order valence-corrected chi connectivity index (χ4v) is 4.43. The lowest BCUT2D eigenvalue weighted by Crippen LogP contribution is -2.50. The van der Waals surface area contributed by atoms with Gasteiger partial charge < -0.3 is 14.7 Å². The van der Waals surface area contributed by atoms with Crippen molar-refractivity contribution in [3.63, 3.8) is 0 Å². The lowest BCUT2D eigenvalue weighted by atomic mass is 9.92. The molecule has 3 aliphatic heterocycles. The minimum absolute atomic E-state index is 0.275. The van der Waals surface area contributed by atoms with Crippen LogP contribution in [-0.2, 0) is 9.59 Å². The Morgan fingerprint density at radius 1 is 0.786 bits per heavy atom. The summed E-state index contributed by atoms with van der Waals surface area (Å²) in [5.41, 5.74) is 1.25. The molecule has 2 amide bonds. The zero-order valence-corrected chi connectivity index (χ0v) is 16.8. The Labute approximate surface area is 168 Å². The third kappa shape index (κ3) is 4.66. The molecule has 3 saturated heterocycles. The van der Waals surface area contributed by atoms with Gasteiger partial charge in [0.2, 0.25) is 11.8 Å². The maximum atomic E-state index is 12.7. The summed E-state index contributed by atoms with van der Waals surface area (Å²) in [6.45, 7) is 7.76. The van der Waals surface area contributed by atoms with Gasteiger partial charge >= 0.3 is 0 Å². The van der Waals surface area contributed by atoms with Gasteiger partial charge in [-0.05, 0) is 50.4 Å². The highest BCUT2D eigenvalue weighted by Crippen LogP contribution is 2.23. The average Bonchev–Trinajstić information content (AvgIpc) is 2.69. The predicted molar refractivity (Wildman–Crippen MR) is 110 cm³/mol. The molecule has 0 radical (unpaired) electrons. The molecule has 1 aromatic carbocycles. The van der Waals surface area contributed by atoms with Gasteiger partial charge in [0.15, 0.2) is 0 Å². The number of benzene rings is 1. The van der Waals surface area contributed by atoms with Crippen LogP contribution >= 0.6 is 0 Å². The normalized spacial score (nSPS) is 21.5. The van der Waals surface area contributed by atoms with Gasteiger partial charge in [-0.2, -0.15) is 0 Å². The summed E-state index contributed by atoms with van der Waals surface area (Å²) in [4.78, 5) is 33.5. The predicted octanol–water partition coefficient (Wildman–Crippen LogP) is 1.67. The number of para-hydroxylation sites is 1. The second kappa shape index (κ2) is 8.95. The van der Waals surface area contributed by atoms with Gasteiger partial charge in [-0.3, -0.25) is 14.5 Å². The minimum atomic E-state index is 0.275. The summed E-state index contributed by atoms with van der Waals surface area (Å²) < 4.78 is 0. The van der Waals surface area contributed by atoms with Crippen molar-refractivity contribution in [1.82, 2.24) is 14.7 Å². The van der Waals surface area contributed by atoms with Crippen LogP contribution < -0.4 is 4.90 Å². The number of likely N-dealkylation sites (tertiary alicyclic amines) is 2. The smallest absolute Gasteiger partial charge is 0.236 e. The van der Waals surface area contributed by atoms with Crippen LogP contribution in [0, 0.1) is 5.92 Å². The quantitative estimate of drug-likeness (QED) is 0.775. The van der Waals surface area contributed by atoms with Gasteiger partial charge in [-0.15, -0.1) is 0 Å². The second-order valence-corrected chi connectivity index (χ2v) is 8.36. The van der Waals surface area contributed by atoms with E-state index in [1.165, 1.54) is 5.69 Å². The monoisotopic (exact) mass is 384 g/mol. The molecule has 0 bridgehead atoms. The summed E-state index contributed by atoms with van der Waals surface area (Å²) >= 11 is 0. The highest BCUT2D eigenvalue weighted by Gasteiger charge is 2.28. The number of carbonyl (C=O) groups excluding carboxylic acids is 2. The van der Waals surface area contributed by atoms with Gasteiger partial charge in [0.05, 0.1) is 6.54 Å². The van der Waals surface area contributed by atoms with Gasteiger partial charge in [0.1, 0.15) is 0 Å². The molecular formula is C22H32N4O2. The summed E-state index contributed by atoms with van der Waals surface area (Å²) in [6, 6.07) is 10.4. The summed E-state index contributed by atoms with van der Waals surface area (Å²) in [7, 11) is 0. The van der Waals surface area contributed by atoms with Crippen molar-refractivity contribution in [1.29, 1.82) is 0 Å². The average molecular weight is 385 g/mol. The van der Waals surface area contributed by atoms with E-state index in [2.05, 4.69) is 34.1 Å². The van der Waals surface area contributed by atoms with Crippen molar-refractivity contribution in [3.8, 4) is 0 Å². The number of hydrogen-bond donors (Lipinski definition) is 0. The Kier molecular flexibility index (Phi) is 6.15. The van der Waals surface area contributed by atoms with E-state index in [-0.39, 0.29) is 5.91 Å². The Morgan fingerprint density at radius 2 is 1.43 bits per heavy atom. The molecule has 0 aromatic heterocycles. The molecule has 4 rings (SSSR count). The van der Waals surface area contributed by atoms with Crippen molar-refractivity contribution in [2.75, 3.05) is 63.8 Å². The molecule has 0 N–H and O–H groups in total. The Bertz CT molecular complexity index is 660. The maximum absolute atomic E-state index is 12.7. The van der Waals surface area contributed by atoms with Crippen LogP contribution in [0.5, 0.6) is 0 Å². The third-order valence-corrected chi connectivity index (χ3v) is 6.49. The highest BCUT2D eigenvalue weighted by molar-refractivity contribution is 5.79. The van der Waals surface area contributed by atoms with Crippen LogP contribution in [0.1, 0.15) is 25.7 Å². The topological polar surface area (TPSA) is 47.1 Å². The standard InChI is InChI=1S/C22H32N4O2/c27-21(26-15-13-24(14-16-26)20-5-2-1-3-6-20)17-19-7-11-23(12-8-19)18-22(28)25-9-4-10-25/h1-3,5-6,19H,4,7-18H2. The fraction of sp³-hybridized carbons (Fsp3) is 0.636. The fourth-order valence-electron chi connectivity index (χ4n) is 4.43. The summed E-state index contributed by atoms with van der Waals surface area (Å²) in [5, 5.41) is 0. The van der Waals surface area contributed by atoms with Crippen LogP contribution in [0.25, 0.3) is 0 Å². The first-order valence-electron chi connectivity index (χ1n) is 10.8. The van der Waals surface area contributed by atoms with Gasteiger partial charge in [-0.25, -0.2) is 0 Å². The molecular weight excluding hydrogens is 352 g/mol. The largest absolute Gasteiger partial charge is 0.368 e. The lowest BCUT2D eigenvalue weighted by Gasteiger charge is -2.38. The molecule has 28 heavy (non-hydrogen) atoms. The van der Waals surface area contributed by atoms with E-state index in [1.54, 1.807) is 0 Å². The number of nitrogens with zero attached hydrogens (tertiary/aromatic N) is 4. The Hall–Kier alpha value is -2.08. The van der Waals surface area contributed by atoms with Crippen molar-refractivity contribution >= 4 is 17.5 Å². The molecule has 3 heterocycles. The molecule has 0 spiro atoms. The molecule has 3 aliphatic rings. The van der Waals surface area contributed by atoms with E-state index in [0.29, 0.717) is 24.8 Å². The number of rotatable bonds is 5. The number of anilines is 1. The summed E-state index contributed by atoms with van der Waals surface area (Å²) in [6.07, 6.45) is 3.88. The van der Waals surface area contributed by atoms with E-state index in [0.717, 1.165) is 71.6 Å². The van der Waals surface area contributed by atoms with Crippen molar-refractivity contribution < 1.29 is 9.59 Å². The van der Waals surface area contributed by atoms with Crippen LogP contribution in [0.3, 0.4) is 0 Å². The zero-order chi connectivity index (χ0) is 19.3. The van der Waals surface area contributed by atoms with Crippen molar-refractivity contribution in [2.24, 2.45) is 5.92 Å². The molecule has 3 fully saturated rings. The van der Waals surface area contributed by atoms with E-state index in [4.69, 9.17) is 0 Å². The molecule has 152 valence electrons. The molecule has 1 aromatic rings. The van der Waals surface area contributed by atoms with Crippen LogP contribution in [0.2, 0.25) is 0 Å². The molecule has 0 atom stereocenters. The molecule has 6 heteroatoms. The third-order valence-electron chi connectivity index (χ3n) is 6.49. The van der Waals surface area contributed by atoms with Crippen LogP contribution in [0.15, 0.2) is 30.3 Å². The summed E-state index contributed by atoms with van der Waals surface area (Å²) in [5.74, 6) is 1.05. The number of amides is 2. The van der Waals surface area contributed by atoms with Gasteiger partial charge in [0, 0.05) is 51.4 Å². The first-order valence-corrected chi connectivity index (χ1v) is 10.8. The Morgan fingerprint density at radius 3 is 2.04 bits per heavy atom. The molecule has 6 nitrogen and oxygen atoms in total. The van der Waals surface area contributed by atoms with Gasteiger partial charge in [0.25, 0.3) is 0 Å². The highest BCUT2D eigenvalue weighted by atomic mass is 16.2. The van der Waals surface area contributed by atoms with E-state index < -0.39 is 0 Å². The first kappa shape index (κ1) is 19.2. The Balaban J connectivity index is 1.16. The molecule has 0 aliphatic carbocycles. The van der Waals surface area contributed by atoms with Gasteiger partial charge in [-0.1, -0.05) is 18.2 Å². The van der Waals surface area contributed by atoms with E-state index >= 15 is 0 Å². The molecule has 0 unspecified atom stereocenters.